The molecule has 0 spiro atoms. The standard InChI is InChI=1S/C19H19FN4O3S/c1-12-9-16(27-22-12)19-18(21-23-28-19)13-5-4-8-24(10-13)17(25)11-26-15-7-3-2-6-14(15)20/h2-3,6-7,9,13H,4-5,8,10-11H2,1H3. The average molecular weight is 402 g/mol. The van der Waals surface area contributed by atoms with E-state index in [0.29, 0.717) is 18.8 Å². The van der Waals surface area contributed by atoms with Gasteiger partial charge in [-0.1, -0.05) is 21.8 Å². The number of likely N-dealkylation sites (tertiary alicyclic amines) is 1. The Balaban J connectivity index is 1.43. The molecule has 146 valence electrons. The number of piperidine rings is 1. The largest absolute Gasteiger partial charge is 0.481 e. The summed E-state index contributed by atoms with van der Waals surface area (Å²) in [4.78, 5) is 15.2. The van der Waals surface area contributed by atoms with E-state index in [-0.39, 0.29) is 24.2 Å². The van der Waals surface area contributed by atoms with Crippen LogP contribution in [0.3, 0.4) is 0 Å². The minimum absolute atomic E-state index is 0.0605. The normalized spacial score (nSPS) is 16.9. The molecule has 1 amide bonds. The molecule has 9 heteroatoms. The zero-order valence-electron chi connectivity index (χ0n) is 15.3. The lowest BCUT2D eigenvalue weighted by molar-refractivity contribution is -0.134. The number of carbonyl (C=O) groups is 1. The molecule has 4 rings (SSSR count). The summed E-state index contributed by atoms with van der Waals surface area (Å²) in [5.41, 5.74) is 1.62. The van der Waals surface area contributed by atoms with Crippen LogP contribution in [-0.4, -0.2) is 45.2 Å². The number of carbonyl (C=O) groups excluding carboxylic acids is 1. The Hall–Kier alpha value is -2.81. The van der Waals surface area contributed by atoms with Crippen LogP contribution in [0.2, 0.25) is 0 Å². The van der Waals surface area contributed by atoms with Gasteiger partial charge >= 0.3 is 0 Å². The minimum Gasteiger partial charge on any atom is -0.481 e. The van der Waals surface area contributed by atoms with Gasteiger partial charge in [-0.2, -0.15) is 0 Å². The smallest absolute Gasteiger partial charge is 0.260 e. The molecule has 1 aliphatic heterocycles. The van der Waals surface area contributed by atoms with Crippen LogP contribution < -0.4 is 4.74 Å². The second-order valence-corrected chi connectivity index (χ2v) is 7.47. The van der Waals surface area contributed by atoms with Crippen molar-refractivity contribution in [3.8, 4) is 16.4 Å². The van der Waals surface area contributed by atoms with Gasteiger partial charge in [-0.25, -0.2) is 4.39 Å². The lowest BCUT2D eigenvalue weighted by Gasteiger charge is -2.32. The Morgan fingerprint density at radius 3 is 3.07 bits per heavy atom. The monoisotopic (exact) mass is 402 g/mol. The molecular weight excluding hydrogens is 383 g/mol. The van der Waals surface area contributed by atoms with Crippen molar-refractivity contribution >= 4 is 17.4 Å². The number of ether oxygens (including phenoxy) is 1. The molecule has 1 aromatic carbocycles. The first-order chi connectivity index (χ1) is 13.6. The van der Waals surface area contributed by atoms with E-state index in [1.165, 1.54) is 23.7 Å². The molecule has 0 saturated carbocycles. The second-order valence-electron chi connectivity index (χ2n) is 6.72. The molecule has 0 radical (unpaired) electrons. The minimum atomic E-state index is -0.479. The van der Waals surface area contributed by atoms with Crippen LogP contribution in [0.4, 0.5) is 4.39 Å². The van der Waals surface area contributed by atoms with Gasteiger partial charge in [-0.05, 0) is 43.4 Å². The summed E-state index contributed by atoms with van der Waals surface area (Å²) in [7, 11) is 0. The van der Waals surface area contributed by atoms with Crippen LogP contribution >= 0.6 is 11.5 Å². The second kappa shape index (κ2) is 8.05. The van der Waals surface area contributed by atoms with Gasteiger partial charge in [0.1, 0.15) is 4.88 Å². The summed E-state index contributed by atoms with van der Waals surface area (Å²) in [5, 5.41) is 8.21. The molecule has 0 bridgehead atoms. The van der Waals surface area contributed by atoms with Crippen LogP contribution in [0, 0.1) is 12.7 Å². The lowest BCUT2D eigenvalue weighted by Crippen LogP contribution is -2.41. The van der Waals surface area contributed by atoms with Gasteiger partial charge in [0.05, 0.1) is 11.4 Å². The Kier molecular flexibility index (Phi) is 5.34. The van der Waals surface area contributed by atoms with Crippen molar-refractivity contribution in [1.82, 2.24) is 19.6 Å². The summed E-state index contributed by atoms with van der Waals surface area (Å²) in [6, 6.07) is 7.91. The van der Waals surface area contributed by atoms with Gasteiger partial charge in [-0.15, -0.1) is 5.10 Å². The van der Waals surface area contributed by atoms with Crippen LogP contribution in [0.15, 0.2) is 34.9 Å². The van der Waals surface area contributed by atoms with Crippen molar-refractivity contribution in [2.24, 2.45) is 0 Å². The molecule has 3 aromatic rings. The van der Waals surface area contributed by atoms with E-state index in [0.717, 1.165) is 29.1 Å². The molecule has 28 heavy (non-hydrogen) atoms. The Bertz CT molecular complexity index is 974. The van der Waals surface area contributed by atoms with E-state index in [2.05, 4.69) is 14.7 Å². The number of rotatable bonds is 5. The number of hydrogen-bond donors (Lipinski definition) is 0. The predicted octanol–water partition coefficient (Wildman–Crippen LogP) is 3.43. The number of para-hydroxylation sites is 1. The van der Waals surface area contributed by atoms with Gasteiger partial charge in [0.15, 0.2) is 23.9 Å². The summed E-state index contributed by atoms with van der Waals surface area (Å²) in [5.74, 6) is 0.135. The van der Waals surface area contributed by atoms with Crippen molar-refractivity contribution in [3.63, 3.8) is 0 Å². The molecular formula is C19H19FN4O3S. The van der Waals surface area contributed by atoms with E-state index >= 15 is 0 Å². The maximum absolute atomic E-state index is 13.7. The fourth-order valence-corrected chi connectivity index (χ4v) is 4.02. The molecule has 3 heterocycles. The molecule has 7 nitrogen and oxygen atoms in total. The van der Waals surface area contributed by atoms with E-state index in [9.17, 15) is 9.18 Å². The Morgan fingerprint density at radius 2 is 2.29 bits per heavy atom. The topological polar surface area (TPSA) is 81.4 Å². The van der Waals surface area contributed by atoms with Crippen molar-refractivity contribution in [2.45, 2.75) is 25.7 Å². The lowest BCUT2D eigenvalue weighted by atomic mass is 9.93. The maximum Gasteiger partial charge on any atom is 0.260 e. The Morgan fingerprint density at radius 1 is 1.43 bits per heavy atom. The zero-order chi connectivity index (χ0) is 19.5. The van der Waals surface area contributed by atoms with Crippen LogP contribution in [0.1, 0.15) is 30.1 Å². The summed E-state index contributed by atoms with van der Waals surface area (Å²) in [6.07, 6.45) is 1.76. The number of nitrogens with zero attached hydrogens (tertiary/aromatic N) is 4. The van der Waals surface area contributed by atoms with Crippen molar-refractivity contribution < 1.29 is 18.4 Å². The van der Waals surface area contributed by atoms with E-state index in [4.69, 9.17) is 9.26 Å². The quantitative estimate of drug-likeness (QED) is 0.650. The molecule has 1 unspecified atom stereocenters. The molecule has 1 aliphatic rings. The fraction of sp³-hybridized carbons (Fsp3) is 0.368. The first-order valence-corrected chi connectivity index (χ1v) is 9.80. The summed E-state index contributed by atoms with van der Waals surface area (Å²) < 4.78 is 28.4. The highest BCUT2D eigenvalue weighted by Crippen LogP contribution is 2.35. The van der Waals surface area contributed by atoms with Crippen LogP contribution in [-0.2, 0) is 4.79 Å². The van der Waals surface area contributed by atoms with E-state index < -0.39 is 5.82 Å². The fourth-order valence-electron chi connectivity index (χ4n) is 3.33. The predicted molar refractivity (Wildman–Crippen MR) is 101 cm³/mol. The molecule has 0 N–H and O–H groups in total. The molecule has 1 atom stereocenters. The Labute approximate surface area is 165 Å². The van der Waals surface area contributed by atoms with Crippen LogP contribution in [0.25, 0.3) is 10.6 Å². The molecule has 1 fully saturated rings. The van der Waals surface area contributed by atoms with Crippen molar-refractivity contribution in [2.75, 3.05) is 19.7 Å². The zero-order valence-corrected chi connectivity index (χ0v) is 16.1. The number of amides is 1. The number of aromatic nitrogens is 3. The molecule has 0 aliphatic carbocycles. The molecule has 1 saturated heterocycles. The van der Waals surface area contributed by atoms with E-state index in [1.807, 2.05) is 13.0 Å². The van der Waals surface area contributed by atoms with E-state index in [1.54, 1.807) is 17.0 Å². The number of hydrogen-bond acceptors (Lipinski definition) is 7. The average Bonchev–Trinajstić information content (AvgIpc) is 3.36. The van der Waals surface area contributed by atoms with Gasteiger partial charge in [0, 0.05) is 25.1 Å². The highest BCUT2D eigenvalue weighted by atomic mass is 32.1. The van der Waals surface area contributed by atoms with Gasteiger partial charge in [-0.3, -0.25) is 4.79 Å². The first kappa shape index (κ1) is 18.5. The third kappa shape index (κ3) is 3.89. The highest BCUT2D eigenvalue weighted by Gasteiger charge is 2.30. The third-order valence-electron chi connectivity index (χ3n) is 4.71. The maximum atomic E-state index is 13.7. The summed E-state index contributed by atoms with van der Waals surface area (Å²) >= 11 is 1.26. The number of aryl methyl sites for hydroxylation is 1. The highest BCUT2D eigenvalue weighted by molar-refractivity contribution is 7.09. The van der Waals surface area contributed by atoms with Crippen molar-refractivity contribution in [3.05, 3.63) is 47.5 Å². The van der Waals surface area contributed by atoms with Crippen LogP contribution in [0.5, 0.6) is 5.75 Å². The van der Waals surface area contributed by atoms with Crippen molar-refractivity contribution in [1.29, 1.82) is 0 Å². The first-order valence-electron chi connectivity index (χ1n) is 9.03. The van der Waals surface area contributed by atoms with Gasteiger partial charge in [0.25, 0.3) is 5.91 Å². The number of benzene rings is 1. The summed E-state index contributed by atoms with van der Waals surface area (Å²) in [6.45, 7) is 2.82. The molecule has 2 aromatic heterocycles. The number of halogens is 1. The van der Waals surface area contributed by atoms with Gasteiger partial charge in [0.2, 0.25) is 0 Å². The SMILES string of the molecule is Cc1cc(-c2snnc2C2CCCN(C(=O)COc3ccccc3F)C2)on1. The third-order valence-corrected chi connectivity index (χ3v) is 5.47. The van der Waals surface area contributed by atoms with Gasteiger partial charge < -0.3 is 14.2 Å².